The van der Waals surface area contributed by atoms with Gasteiger partial charge in [0.2, 0.25) is 0 Å². The molecule has 0 saturated heterocycles. The number of carboxylic acid groups (broad SMARTS) is 2. The van der Waals surface area contributed by atoms with Crippen molar-refractivity contribution in [3.05, 3.63) is 259 Å². The first-order chi connectivity index (χ1) is 38.0. The summed E-state index contributed by atoms with van der Waals surface area (Å²) >= 11 is 0. The van der Waals surface area contributed by atoms with Crippen molar-refractivity contribution >= 4 is 23.9 Å². The smallest absolute Gasteiger partial charge is 0.309 e. The van der Waals surface area contributed by atoms with Crippen LogP contribution in [0.3, 0.4) is 0 Å². The van der Waals surface area contributed by atoms with Gasteiger partial charge in [-0.25, -0.2) is 0 Å². The number of hydrogen-bond acceptors (Lipinski definition) is 10. The summed E-state index contributed by atoms with van der Waals surface area (Å²) in [6.45, 7) is 0.861. The zero-order chi connectivity index (χ0) is 54.4. The van der Waals surface area contributed by atoms with Gasteiger partial charge in [-0.05, 0) is 163 Å². The van der Waals surface area contributed by atoms with Crippen LogP contribution in [0.15, 0.2) is 170 Å². The number of rotatable bonds is 20. The molecule has 12 heteroatoms. The van der Waals surface area contributed by atoms with E-state index in [-0.39, 0.29) is 77.8 Å². The molecule has 0 spiro atoms. The second kappa shape index (κ2) is 25.6. The molecular weight excluding hydrogens is 985 g/mol. The van der Waals surface area contributed by atoms with Gasteiger partial charge in [-0.3, -0.25) is 19.2 Å². The topological polar surface area (TPSA) is 164 Å². The molecule has 0 aliphatic heterocycles. The van der Waals surface area contributed by atoms with Crippen molar-refractivity contribution in [3.8, 4) is 23.0 Å². The molecule has 8 aromatic rings. The summed E-state index contributed by atoms with van der Waals surface area (Å²) in [4.78, 5) is 53.7. The van der Waals surface area contributed by atoms with Gasteiger partial charge < -0.3 is 38.6 Å². The third kappa shape index (κ3) is 14.2. The van der Waals surface area contributed by atoms with Crippen LogP contribution in [0.4, 0.5) is 0 Å². The van der Waals surface area contributed by atoms with Crippen LogP contribution in [0.2, 0.25) is 0 Å². The zero-order valence-electron chi connectivity index (χ0n) is 43.6. The van der Waals surface area contributed by atoms with E-state index in [2.05, 4.69) is 0 Å². The highest BCUT2D eigenvalue weighted by Gasteiger charge is 2.26. The molecule has 2 N–H and O–H groups in total. The summed E-state index contributed by atoms with van der Waals surface area (Å²) in [5.74, 6) is -1.22. The van der Waals surface area contributed by atoms with Gasteiger partial charge in [-0.2, -0.15) is 0 Å². The van der Waals surface area contributed by atoms with E-state index in [0.29, 0.717) is 89.8 Å². The number of aliphatic carboxylic acids is 2. The minimum atomic E-state index is -1.08. The Labute approximate surface area is 453 Å². The molecule has 0 heterocycles. The van der Waals surface area contributed by atoms with Crippen molar-refractivity contribution < 1.29 is 57.8 Å². The number of fused-ring (bicyclic) bond motifs is 8. The van der Waals surface area contributed by atoms with Crippen LogP contribution in [0, 0.1) is 0 Å². The van der Waals surface area contributed by atoms with Crippen molar-refractivity contribution in [1.82, 2.24) is 0 Å². The number of carbonyl (C=O) groups is 4. The van der Waals surface area contributed by atoms with Crippen molar-refractivity contribution in [2.45, 2.75) is 77.8 Å². The molecular formula is C66H60O12. The van der Waals surface area contributed by atoms with E-state index in [0.717, 1.165) is 22.3 Å². The van der Waals surface area contributed by atoms with Gasteiger partial charge in [0.25, 0.3) is 0 Å². The van der Waals surface area contributed by atoms with Gasteiger partial charge in [0.15, 0.2) is 0 Å². The van der Waals surface area contributed by atoms with Crippen LogP contribution in [-0.4, -0.2) is 48.3 Å². The van der Waals surface area contributed by atoms with Gasteiger partial charge >= 0.3 is 23.9 Å². The van der Waals surface area contributed by atoms with Crippen LogP contribution in [0.25, 0.3) is 0 Å². The molecule has 0 fully saturated rings. The number of methoxy groups -OCH3 is 2. The quantitative estimate of drug-likeness (QED) is 0.0695. The maximum absolute atomic E-state index is 13.7. The highest BCUT2D eigenvalue weighted by molar-refractivity contribution is 5.77. The maximum Gasteiger partial charge on any atom is 0.309 e. The van der Waals surface area contributed by atoms with Crippen molar-refractivity contribution in [1.29, 1.82) is 0 Å². The largest absolute Gasteiger partial charge is 0.489 e. The van der Waals surface area contributed by atoms with E-state index >= 15 is 0 Å². The van der Waals surface area contributed by atoms with Crippen LogP contribution < -0.4 is 18.9 Å². The van der Waals surface area contributed by atoms with E-state index in [1.165, 1.54) is 14.2 Å². The van der Waals surface area contributed by atoms with Crippen LogP contribution in [0.5, 0.6) is 23.0 Å². The Bertz CT molecular complexity index is 3190. The van der Waals surface area contributed by atoms with E-state index in [4.69, 9.17) is 28.4 Å². The van der Waals surface area contributed by atoms with Crippen molar-refractivity contribution in [3.63, 3.8) is 0 Å². The van der Waals surface area contributed by atoms with Crippen molar-refractivity contribution in [2.75, 3.05) is 14.2 Å². The Morgan fingerprint density at radius 3 is 0.731 bits per heavy atom. The molecule has 0 aromatic heterocycles. The van der Waals surface area contributed by atoms with E-state index in [1.807, 2.05) is 170 Å². The fourth-order valence-electron chi connectivity index (χ4n) is 10.1. The lowest BCUT2D eigenvalue weighted by Gasteiger charge is -2.24. The van der Waals surface area contributed by atoms with E-state index in [1.54, 1.807) is 0 Å². The monoisotopic (exact) mass is 1040 g/mol. The summed E-state index contributed by atoms with van der Waals surface area (Å²) < 4.78 is 37.1. The normalized spacial score (nSPS) is 11.7. The molecule has 0 amide bonds. The number of carboxylic acids is 2. The molecule has 78 heavy (non-hydrogen) atoms. The van der Waals surface area contributed by atoms with Gasteiger partial charge in [0.05, 0.1) is 39.9 Å². The molecule has 9 rings (SSSR count). The number of benzene rings is 8. The Morgan fingerprint density at radius 2 is 0.538 bits per heavy atom. The summed E-state index contributed by atoms with van der Waals surface area (Å²) in [6, 6.07) is 53.8. The second-order valence-electron chi connectivity index (χ2n) is 19.3. The van der Waals surface area contributed by atoms with E-state index in [9.17, 15) is 29.4 Å². The predicted molar refractivity (Wildman–Crippen MR) is 294 cm³/mol. The first kappa shape index (κ1) is 53.7. The second-order valence-corrected chi connectivity index (χ2v) is 19.3. The maximum atomic E-state index is 13.7. The molecule has 396 valence electrons. The lowest BCUT2D eigenvalue weighted by atomic mass is 9.82. The number of esters is 2. The highest BCUT2D eigenvalue weighted by Crippen LogP contribution is 2.38. The molecule has 0 atom stereocenters. The minimum Gasteiger partial charge on any atom is -0.489 e. The summed E-state index contributed by atoms with van der Waals surface area (Å²) in [7, 11) is 2.67. The molecule has 0 saturated carbocycles. The number of hydrogen-bond donors (Lipinski definition) is 2. The van der Waals surface area contributed by atoms with Crippen molar-refractivity contribution in [2.24, 2.45) is 0 Å². The Morgan fingerprint density at radius 1 is 0.333 bits per heavy atom. The molecule has 0 radical (unpaired) electrons. The van der Waals surface area contributed by atoms with Crippen LogP contribution in [0.1, 0.15) is 89.0 Å². The SMILES string of the molecule is COC(=O)Cc1c2cc(OCc3ccccc3)cc1Cc1cc(OCc3ccccc3)cc(c1CC(=O)OC)Cc1cc(OCc3ccccc3)cc(c1CC(=O)O)Cc1cc(OCc3ccccc3)cc(c1CC(=O)O)C2. The zero-order valence-corrected chi connectivity index (χ0v) is 43.6. The molecule has 1 aliphatic carbocycles. The third-order valence-corrected chi connectivity index (χ3v) is 13.9. The molecule has 12 nitrogen and oxygen atoms in total. The minimum absolute atomic E-state index is 0.0806. The van der Waals surface area contributed by atoms with Gasteiger partial charge in [-0.1, -0.05) is 121 Å². The Kier molecular flexibility index (Phi) is 17.6. The molecule has 0 unspecified atom stereocenters. The standard InChI is InChI=1S/C66H60O12/c1-73-65(71)37-61-51-24-49-29-55(75-39-43-15-7-3-8-16-43)27-47(59(49)35-63(67)68)23-48-28-56(76-40-44-17-9-4-10-18-44)30-50(60(48)36-64(69)70)25-52-32-58(78-42-46-21-13-6-14-22-46)34-54(62(52)38-66(72)74-2)26-53(61)33-57(31-51)77-41-45-19-11-5-12-20-45/h3-22,27-34H,23-26,35-42H2,1-2H3,(H,67,68)(H,69,70). The van der Waals surface area contributed by atoms with Gasteiger partial charge in [0.1, 0.15) is 49.4 Å². The number of ether oxygens (including phenoxy) is 6. The lowest BCUT2D eigenvalue weighted by molar-refractivity contribution is -0.140. The first-order valence-corrected chi connectivity index (χ1v) is 25.8. The fraction of sp³-hybridized carbons (Fsp3) is 0.212. The fourth-order valence-corrected chi connectivity index (χ4v) is 10.1. The lowest BCUT2D eigenvalue weighted by Crippen LogP contribution is -2.16. The summed E-state index contributed by atoms with van der Waals surface area (Å²) in [5, 5.41) is 21.5. The molecule has 8 aromatic carbocycles. The Balaban J connectivity index is 1.33. The van der Waals surface area contributed by atoms with Gasteiger partial charge in [-0.15, -0.1) is 0 Å². The van der Waals surface area contributed by atoms with Crippen LogP contribution in [-0.2, 0) is 106 Å². The van der Waals surface area contributed by atoms with E-state index < -0.39 is 23.9 Å². The predicted octanol–water partition coefficient (Wildman–Crippen LogP) is 11.4. The highest BCUT2D eigenvalue weighted by atomic mass is 16.5. The summed E-state index contributed by atoms with van der Waals surface area (Å²) in [6.07, 6.45) is -0.589. The summed E-state index contributed by atoms with van der Waals surface area (Å²) in [5.41, 5.74) is 11.1. The Hall–Kier alpha value is -9.16. The average Bonchev–Trinajstić information content (AvgIpc) is 3.47. The first-order valence-electron chi connectivity index (χ1n) is 25.8. The molecule has 1 aliphatic rings. The van der Waals surface area contributed by atoms with Gasteiger partial charge in [0, 0.05) is 0 Å². The average molecular weight is 1050 g/mol. The number of carbonyl (C=O) groups excluding carboxylic acids is 2. The third-order valence-electron chi connectivity index (χ3n) is 13.9. The molecule has 8 bridgehead atoms. The van der Waals surface area contributed by atoms with Crippen LogP contribution >= 0.6 is 0 Å².